The molecule has 0 unspecified atom stereocenters. The second kappa shape index (κ2) is 4.90. The van der Waals surface area contributed by atoms with Crippen LogP contribution in [0.4, 0.5) is 5.13 Å². The average molecular weight is 278 g/mol. The number of thiazole rings is 1. The summed E-state index contributed by atoms with van der Waals surface area (Å²) in [5.41, 5.74) is 1.07. The molecule has 0 saturated carbocycles. The third kappa shape index (κ3) is 2.25. The maximum atomic E-state index is 6.21. The first-order chi connectivity index (χ1) is 8.74. The molecule has 1 fully saturated rings. The van der Waals surface area contributed by atoms with E-state index >= 15 is 0 Å². The Labute approximate surface area is 116 Å². The molecule has 4 heteroatoms. The van der Waals surface area contributed by atoms with Crippen molar-refractivity contribution in [2.45, 2.75) is 13.3 Å². The molecule has 2 aromatic rings. The summed E-state index contributed by atoms with van der Waals surface area (Å²) in [5.74, 6) is 1.53. The van der Waals surface area contributed by atoms with Crippen LogP contribution < -0.4 is 4.90 Å². The van der Waals surface area contributed by atoms with Crippen molar-refractivity contribution in [1.82, 2.24) is 4.98 Å². The Hall–Kier alpha value is -1.06. The molecule has 1 aliphatic rings. The lowest BCUT2D eigenvalue weighted by Crippen LogP contribution is -2.18. The first kappa shape index (κ1) is 12.0. The maximum Gasteiger partial charge on any atom is 0.185 e. The summed E-state index contributed by atoms with van der Waals surface area (Å²) in [5, 5.41) is 1.89. The van der Waals surface area contributed by atoms with Crippen LogP contribution in [0.2, 0.25) is 5.02 Å². The first-order valence-corrected chi connectivity index (χ1v) is 7.20. The molecule has 2 nitrogen and oxygen atoms in total. The highest BCUT2D eigenvalue weighted by atomic mass is 35.5. The molecule has 0 amide bonds. The highest BCUT2D eigenvalue weighted by Gasteiger charge is 2.22. The van der Waals surface area contributed by atoms with Gasteiger partial charge in [0.25, 0.3) is 0 Å². The van der Waals surface area contributed by atoms with E-state index in [2.05, 4.69) is 16.8 Å². The van der Waals surface area contributed by atoms with E-state index in [4.69, 9.17) is 11.6 Å². The summed E-state index contributed by atoms with van der Waals surface area (Å²) in [4.78, 5) is 8.00. The number of halogens is 1. The highest BCUT2D eigenvalue weighted by molar-refractivity contribution is 7.19. The molecule has 1 radical (unpaired) electrons. The quantitative estimate of drug-likeness (QED) is 0.815. The number of anilines is 1. The Kier molecular flexibility index (Phi) is 3.27. The van der Waals surface area contributed by atoms with Gasteiger partial charge in [0.05, 0.1) is 4.88 Å². The van der Waals surface area contributed by atoms with E-state index < -0.39 is 0 Å². The number of benzene rings is 1. The zero-order chi connectivity index (χ0) is 12.5. The number of hydrogen-bond acceptors (Lipinski definition) is 3. The number of hydrogen-bond donors (Lipinski definition) is 0. The Balaban J connectivity index is 1.88. The molecule has 0 atom stereocenters. The summed E-state index contributed by atoms with van der Waals surface area (Å²) in [6, 6.07) is 7.92. The zero-order valence-electron chi connectivity index (χ0n) is 10.2. The van der Waals surface area contributed by atoms with Gasteiger partial charge in [0.2, 0.25) is 0 Å². The number of aromatic nitrogens is 1. The average Bonchev–Trinajstić information content (AvgIpc) is 2.98. The van der Waals surface area contributed by atoms with Gasteiger partial charge in [0.1, 0.15) is 0 Å². The van der Waals surface area contributed by atoms with Crippen molar-refractivity contribution >= 4 is 28.1 Å². The molecule has 0 N–H and O–H groups in total. The summed E-state index contributed by atoms with van der Waals surface area (Å²) >= 11 is 7.93. The van der Waals surface area contributed by atoms with Gasteiger partial charge in [-0.1, -0.05) is 48.1 Å². The van der Waals surface area contributed by atoms with E-state index in [-0.39, 0.29) is 0 Å². The van der Waals surface area contributed by atoms with Crippen molar-refractivity contribution < 1.29 is 0 Å². The van der Waals surface area contributed by atoms with Gasteiger partial charge in [-0.25, -0.2) is 4.98 Å². The standard InChI is InChI=1S/C14H14ClN2S/c1-10-6-7-17(9-10)14-16-8-13(18-14)11-4-2-3-5-12(11)15/h2-5,8H,6-7,9H2,1H3. The van der Waals surface area contributed by atoms with Gasteiger partial charge in [-0.05, 0) is 18.4 Å². The molecule has 1 aromatic heterocycles. The van der Waals surface area contributed by atoms with Crippen molar-refractivity contribution in [3.8, 4) is 10.4 Å². The molecule has 0 aliphatic carbocycles. The normalized spacial score (nSPS) is 16.4. The van der Waals surface area contributed by atoms with Crippen molar-refractivity contribution in [3.63, 3.8) is 0 Å². The SMILES string of the molecule is C[C]1CCN(c2ncc(-c3ccccc3Cl)s2)C1. The van der Waals surface area contributed by atoms with E-state index in [1.807, 2.05) is 30.5 Å². The Morgan fingerprint density at radius 3 is 2.89 bits per heavy atom. The van der Waals surface area contributed by atoms with Crippen molar-refractivity contribution in [2.24, 2.45) is 0 Å². The third-order valence-corrected chi connectivity index (χ3v) is 4.59. The molecule has 0 bridgehead atoms. The Morgan fingerprint density at radius 2 is 2.17 bits per heavy atom. The van der Waals surface area contributed by atoms with Gasteiger partial charge < -0.3 is 4.90 Å². The summed E-state index contributed by atoms with van der Waals surface area (Å²) in [6.45, 7) is 4.33. The molecule has 3 rings (SSSR count). The number of rotatable bonds is 2. The predicted molar refractivity (Wildman–Crippen MR) is 78.3 cm³/mol. The summed E-state index contributed by atoms with van der Waals surface area (Å²) in [7, 11) is 0. The smallest absolute Gasteiger partial charge is 0.185 e. The lowest BCUT2D eigenvalue weighted by atomic mass is 10.2. The molecule has 18 heavy (non-hydrogen) atoms. The van der Waals surface area contributed by atoms with E-state index in [0.29, 0.717) is 0 Å². The van der Waals surface area contributed by atoms with Crippen LogP contribution in [0.5, 0.6) is 0 Å². The third-order valence-electron chi connectivity index (χ3n) is 3.17. The minimum atomic E-state index is 0.789. The molecular weight excluding hydrogens is 264 g/mol. The molecule has 1 saturated heterocycles. The van der Waals surface area contributed by atoms with Gasteiger partial charge in [-0.2, -0.15) is 0 Å². The van der Waals surface area contributed by atoms with Gasteiger partial charge in [-0.3, -0.25) is 0 Å². The Morgan fingerprint density at radius 1 is 1.33 bits per heavy atom. The van der Waals surface area contributed by atoms with Crippen LogP contribution >= 0.6 is 22.9 Å². The Bertz CT molecular complexity index is 552. The van der Waals surface area contributed by atoms with Gasteiger partial charge in [-0.15, -0.1) is 0 Å². The molecule has 93 valence electrons. The fourth-order valence-corrected chi connectivity index (χ4v) is 3.44. The topological polar surface area (TPSA) is 16.1 Å². The predicted octanol–water partition coefficient (Wildman–Crippen LogP) is 4.27. The van der Waals surface area contributed by atoms with E-state index in [0.717, 1.165) is 33.7 Å². The summed E-state index contributed by atoms with van der Waals surface area (Å²) in [6.07, 6.45) is 3.11. The lowest BCUT2D eigenvalue weighted by molar-refractivity contribution is 0.958. The molecule has 1 aromatic carbocycles. The molecule has 0 spiro atoms. The molecule has 1 aliphatic heterocycles. The first-order valence-electron chi connectivity index (χ1n) is 6.01. The minimum Gasteiger partial charge on any atom is -0.347 e. The van der Waals surface area contributed by atoms with Crippen molar-refractivity contribution in [1.29, 1.82) is 0 Å². The monoisotopic (exact) mass is 277 g/mol. The second-order valence-corrected chi connectivity index (χ2v) is 6.03. The van der Waals surface area contributed by atoms with Crippen LogP contribution in [0.25, 0.3) is 10.4 Å². The van der Waals surface area contributed by atoms with Crippen LogP contribution in [-0.4, -0.2) is 18.1 Å². The van der Waals surface area contributed by atoms with Crippen LogP contribution in [0.1, 0.15) is 13.3 Å². The van der Waals surface area contributed by atoms with Crippen molar-refractivity contribution in [2.75, 3.05) is 18.0 Å². The number of nitrogens with zero attached hydrogens (tertiary/aromatic N) is 2. The van der Waals surface area contributed by atoms with Crippen LogP contribution in [0, 0.1) is 5.92 Å². The van der Waals surface area contributed by atoms with Gasteiger partial charge >= 0.3 is 0 Å². The summed E-state index contributed by atoms with van der Waals surface area (Å²) < 4.78 is 0. The minimum absolute atomic E-state index is 0.789. The van der Waals surface area contributed by atoms with Crippen LogP contribution in [0.3, 0.4) is 0 Å². The van der Waals surface area contributed by atoms with Gasteiger partial charge in [0, 0.05) is 29.9 Å². The van der Waals surface area contributed by atoms with Crippen LogP contribution in [-0.2, 0) is 0 Å². The fraction of sp³-hybridized carbons (Fsp3) is 0.286. The van der Waals surface area contributed by atoms with Gasteiger partial charge in [0.15, 0.2) is 5.13 Å². The van der Waals surface area contributed by atoms with Crippen LogP contribution in [0.15, 0.2) is 30.5 Å². The second-order valence-electron chi connectivity index (χ2n) is 4.62. The van der Waals surface area contributed by atoms with E-state index in [1.54, 1.807) is 11.3 Å². The molecular formula is C14H14ClN2S. The maximum absolute atomic E-state index is 6.21. The van der Waals surface area contributed by atoms with E-state index in [1.165, 1.54) is 12.3 Å². The zero-order valence-corrected chi connectivity index (χ0v) is 11.8. The fourth-order valence-electron chi connectivity index (χ4n) is 2.17. The highest BCUT2D eigenvalue weighted by Crippen LogP contribution is 2.36. The molecule has 2 heterocycles. The van der Waals surface area contributed by atoms with E-state index in [9.17, 15) is 0 Å². The lowest BCUT2D eigenvalue weighted by Gasteiger charge is -2.13. The van der Waals surface area contributed by atoms with Crippen molar-refractivity contribution in [3.05, 3.63) is 41.4 Å². The largest absolute Gasteiger partial charge is 0.347 e.